The minimum atomic E-state index is -3.34. The van der Waals surface area contributed by atoms with Crippen LogP contribution in [0.3, 0.4) is 0 Å². The summed E-state index contributed by atoms with van der Waals surface area (Å²) < 4.78 is 38.8. The Hall–Kier alpha value is -3.98. The molecule has 7 nitrogen and oxygen atoms in total. The molecule has 9 heteroatoms. The van der Waals surface area contributed by atoms with Crippen LogP contribution in [0.25, 0.3) is 17.1 Å². The van der Waals surface area contributed by atoms with Crippen molar-refractivity contribution in [1.82, 2.24) is 9.97 Å². The molecule has 1 amide bonds. The van der Waals surface area contributed by atoms with Gasteiger partial charge < -0.3 is 10.3 Å². The Bertz CT molecular complexity index is 1440. The Morgan fingerprint density at radius 3 is 2.52 bits per heavy atom. The highest BCUT2D eigenvalue weighted by molar-refractivity contribution is 7.92. The maximum absolute atomic E-state index is 13.9. The van der Waals surface area contributed by atoms with Crippen molar-refractivity contribution in [2.45, 2.75) is 6.42 Å². The Morgan fingerprint density at radius 2 is 1.79 bits per heavy atom. The maximum Gasteiger partial charge on any atom is 0.248 e. The molecule has 0 saturated carbocycles. The first-order valence-corrected chi connectivity index (χ1v) is 11.9. The van der Waals surface area contributed by atoms with Crippen LogP contribution in [0.15, 0.2) is 72.8 Å². The van der Waals surface area contributed by atoms with Crippen LogP contribution in [0.1, 0.15) is 17.0 Å². The normalized spacial score (nSPS) is 11.7. The molecule has 0 saturated heterocycles. The van der Waals surface area contributed by atoms with Crippen LogP contribution in [-0.4, -0.2) is 30.5 Å². The number of nitrogens with one attached hydrogen (secondary N) is 3. The topological polar surface area (TPSA) is 104 Å². The third-order valence-corrected chi connectivity index (χ3v) is 5.36. The summed E-state index contributed by atoms with van der Waals surface area (Å²) in [4.78, 5) is 20.0. The summed E-state index contributed by atoms with van der Waals surface area (Å²) in [5.74, 6) is 0.0325. The highest BCUT2D eigenvalue weighted by Crippen LogP contribution is 2.20. The zero-order valence-electron chi connectivity index (χ0n) is 17.7. The van der Waals surface area contributed by atoms with Crippen LogP contribution in [0.2, 0.25) is 0 Å². The monoisotopic (exact) mass is 464 g/mol. The van der Waals surface area contributed by atoms with E-state index >= 15 is 0 Å². The Balaban J connectivity index is 1.41. The van der Waals surface area contributed by atoms with Crippen LogP contribution in [0, 0.1) is 5.82 Å². The molecule has 0 radical (unpaired) electrons. The number of halogens is 1. The molecule has 0 aliphatic rings. The molecular formula is C24H21FN4O3S. The van der Waals surface area contributed by atoms with Crippen molar-refractivity contribution in [2.75, 3.05) is 16.3 Å². The third kappa shape index (κ3) is 6.05. The summed E-state index contributed by atoms with van der Waals surface area (Å²) in [5.41, 5.74) is 3.78. The van der Waals surface area contributed by atoms with Gasteiger partial charge in [-0.15, -0.1) is 0 Å². The molecule has 168 valence electrons. The molecule has 1 heterocycles. The average Bonchev–Trinajstić information content (AvgIpc) is 3.15. The number of hydrogen-bond acceptors (Lipinski definition) is 4. The summed E-state index contributed by atoms with van der Waals surface area (Å²) in [5, 5.41) is 2.79. The summed E-state index contributed by atoms with van der Waals surface area (Å²) >= 11 is 0. The van der Waals surface area contributed by atoms with Gasteiger partial charge in [0.05, 0.1) is 17.3 Å². The van der Waals surface area contributed by atoms with Crippen molar-refractivity contribution < 1.29 is 17.6 Å². The third-order valence-electron chi connectivity index (χ3n) is 4.76. The van der Waals surface area contributed by atoms with Crippen molar-refractivity contribution >= 4 is 44.4 Å². The molecule has 0 aliphatic carbocycles. The predicted molar refractivity (Wildman–Crippen MR) is 128 cm³/mol. The standard InChI is InChI=1S/C24H21FN4O3S/c1-33(31,32)29-18-9-6-16(7-10-18)8-13-24(30)26-19-11-12-21-22(15-19)28-23(27-21)14-17-4-2-3-5-20(17)25/h2-13,15,29H,14H2,1H3,(H,26,30)(H,27,28). The summed E-state index contributed by atoms with van der Waals surface area (Å²) in [7, 11) is -3.34. The van der Waals surface area contributed by atoms with E-state index in [0.717, 1.165) is 22.9 Å². The van der Waals surface area contributed by atoms with Gasteiger partial charge in [0.2, 0.25) is 15.9 Å². The van der Waals surface area contributed by atoms with Gasteiger partial charge in [0.15, 0.2) is 0 Å². The van der Waals surface area contributed by atoms with Gasteiger partial charge in [0.1, 0.15) is 11.6 Å². The molecule has 3 N–H and O–H groups in total. The highest BCUT2D eigenvalue weighted by Gasteiger charge is 2.08. The molecule has 4 rings (SSSR count). The number of aromatic amines is 1. The van der Waals surface area contributed by atoms with Crippen LogP contribution in [0.4, 0.5) is 15.8 Å². The molecule has 33 heavy (non-hydrogen) atoms. The molecule has 1 aromatic heterocycles. The van der Waals surface area contributed by atoms with E-state index in [-0.39, 0.29) is 11.7 Å². The largest absolute Gasteiger partial charge is 0.342 e. The number of sulfonamides is 1. The lowest BCUT2D eigenvalue weighted by Gasteiger charge is -2.04. The number of anilines is 2. The smallest absolute Gasteiger partial charge is 0.248 e. The van der Waals surface area contributed by atoms with Gasteiger partial charge in [0.25, 0.3) is 0 Å². The molecule has 0 fully saturated rings. The minimum absolute atomic E-state index is 0.279. The quantitative estimate of drug-likeness (QED) is 0.355. The number of H-pyrrole nitrogens is 1. The number of nitrogens with zero attached hydrogens (tertiary/aromatic N) is 1. The van der Waals surface area contributed by atoms with Gasteiger partial charge >= 0.3 is 0 Å². The van der Waals surface area contributed by atoms with Gasteiger partial charge in [-0.3, -0.25) is 9.52 Å². The lowest BCUT2D eigenvalue weighted by atomic mass is 10.1. The number of hydrogen-bond donors (Lipinski definition) is 3. The number of fused-ring (bicyclic) bond motifs is 1. The van der Waals surface area contributed by atoms with E-state index < -0.39 is 10.0 Å². The van der Waals surface area contributed by atoms with E-state index in [9.17, 15) is 17.6 Å². The number of imidazole rings is 1. The predicted octanol–water partition coefficient (Wildman–Crippen LogP) is 4.32. The number of carbonyl (C=O) groups is 1. The Kier molecular flexibility index (Phi) is 6.23. The molecule has 0 spiro atoms. The SMILES string of the molecule is CS(=O)(=O)Nc1ccc(C=CC(=O)Nc2ccc3nc(Cc4ccccc4F)[nH]c3c2)cc1. The highest BCUT2D eigenvalue weighted by atomic mass is 32.2. The van der Waals surface area contributed by atoms with E-state index in [0.29, 0.717) is 29.2 Å². The summed E-state index contributed by atoms with van der Waals surface area (Å²) in [6.07, 6.45) is 4.43. The Morgan fingerprint density at radius 1 is 1.06 bits per heavy atom. The van der Waals surface area contributed by atoms with E-state index in [1.54, 1.807) is 66.7 Å². The van der Waals surface area contributed by atoms with Crippen molar-refractivity contribution in [3.05, 3.63) is 95.6 Å². The first kappa shape index (κ1) is 22.2. The average molecular weight is 465 g/mol. The fraction of sp³-hybridized carbons (Fsp3) is 0.0833. The van der Waals surface area contributed by atoms with Gasteiger partial charge in [-0.25, -0.2) is 17.8 Å². The number of carbonyl (C=O) groups excluding carboxylic acids is 1. The van der Waals surface area contributed by atoms with Crippen molar-refractivity contribution in [1.29, 1.82) is 0 Å². The zero-order chi connectivity index (χ0) is 23.4. The van der Waals surface area contributed by atoms with Crippen LogP contribution in [-0.2, 0) is 21.2 Å². The second-order valence-electron chi connectivity index (χ2n) is 7.50. The first-order valence-electron chi connectivity index (χ1n) is 10.0. The van der Waals surface area contributed by atoms with Gasteiger partial charge in [0, 0.05) is 23.9 Å². The minimum Gasteiger partial charge on any atom is -0.342 e. The molecule has 4 aromatic rings. The number of aromatic nitrogens is 2. The zero-order valence-corrected chi connectivity index (χ0v) is 18.5. The van der Waals surface area contributed by atoms with E-state index in [1.807, 2.05) is 0 Å². The molecule has 3 aromatic carbocycles. The molecule has 0 unspecified atom stereocenters. The van der Waals surface area contributed by atoms with Gasteiger partial charge in [-0.05, 0) is 53.6 Å². The van der Waals surface area contributed by atoms with Crippen LogP contribution >= 0.6 is 0 Å². The summed E-state index contributed by atoms with van der Waals surface area (Å²) in [6, 6.07) is 18.5. The fourth-order valence-electron chi connectivity index (χ4n) is 3.28. The van der Waals surface area contributed by atoms with Gasteiger partial charge in [-0.2, -0.15) is 0 Å². The number of benzene rings is 3. The van der Waals surface area contributed by atoms with Crippen molar-refractivity contribution in [2.24, 2.45) is 0 Å². The van der Waals surface area contributed by atoms with E-state index in [1.165, 1.54) is 12.1 Å². The van der Waals surface area contributed by atoms with E-state index in [2.05, 4.69) is 20.0 Å². The molecule has 0 aliphatic heterocycles. The van der Waals surface area contributed by atoms with Crippen LogP contribution < -0.4 is 10.0 Å². The number of rotatable bonds is 7. The van der Waals surface area contributed by atoms with Crippen molar-refractivity contribution in [3.8, 4) is 0 Å². The second kappa shape index (κ2) is 9.25. The first-order chi connectivity index (χ1) is 15.7. The molecule has 0 atom stereocenters. The fourth-order valence-corrected chi connectivity index (χ4v) is 3.84. The molecule has 0 bridgehead atoms. The van der Waals surface area contributed by atoms with Crippen LogP contribution in [0.5, 0.6) is 0 Å². The maximum atomic E-state index is 13.9. The lowest BCUT2D eigenvalue weighted by molar-refractivity contribution is -0.111. The lowest BCUT2D eigenvalue weighted by Crippen LogP contribution is -2.09. The van der Waals surface area contributed by atoms with Gasteiger partial charge in [-0.1, -0.05) is 30.3 Å². The van der Waals surface area contributed by atoms with E-state index in [4.69, 9.17) is 0 Å². The molecular weight excluding hydrogens is 443 g/mol. The van der Waals surface area contributed by atoms with Crippen molar-refractivity contribution in [3.63, 3.8) is 0 Å². The number of amides is 1. The Labute approximate surface area is 190 Å². The summed E-state index contributed by atoms with van der Waals surface area (Å²) in [6.45, 7) is 0. The second-order valence-corrected chi connectivity index (χ2v) is 9.25.